The lowest BCUT2D eigenvalue weighted by molar-refractivity contribution is 0.209. The van der Waals surface area contributed by atoms with Crippen LogP contribution in [0.4, 0.5) is 11.4 Å². The zero-order chi connectivity index (χ0) is 14.1. The summed E-state index contributed by atoms with van der Waals surface area (Å²) in [5.74, 6) is 0. The molecular formula is C16H22N4. The molecule has 0 aliphatic carbocycles. The topological polar surface area (TPSA) is 45.4 Å². The highest BCUT2D eigenvalue weighted by Gasteiger charge is 2.21. The minimum Gasteiger partial charge on any atom is -0.396 e. The van der Waals surface area contributed by atoms with Crippen molar-refractivity contribution in [3.8, 4) is 0 Å². The first-order valence-electron chi connectivity index (χ1n) is 7.29. The smallest absolute Gasteiger partial charge is 0.0745 e. The first kappa shape index (κ1) is 13.2. The molecule has 0 saturated carbocycles. The third-order valence-corrected chi connectivity index (χ3v) is 4.14. The van der Waals surface area contributed by atoms with Gasteiger partial charge in [-0.2, -0.15) is 0 Å². The second kappa shape index (κ2) is 5.29. The van der Waals surface area contributed by atoms with E-state index in [-0.39, 0.29) is 0 Å². The van der Waals surface area contributed by atoms with Crippen LogP contribution in [0.5, 0.6) is 0 Å². The molecule has 0 spiro atoms. The molecule has 1 aromatic carbocycles. The zero-order valence-corrected chi connectivity index (χ0v) is 12.2. The summed E-state index contributed by atoms with van der Waals surface area (Å²) in [6, 6.07) is 8.85. The predicted molar refractivity (Wildman–Crippen MR) is 85.1 cm³/mol. The maximum atomic E-state index is 6.19. The summed E-state index contributed by atoms with van der Waals surface area (Å²) >= 11 is 0. The predicted octanol–water partition coefficient (Wildman–Crippen LogP) is 2.35. The van der Waals surface area contributed by atoms with Crippen molar-refractivity contribution >= 4 is 22.3 Å². The highest BCUT2D eigenvalue weighted by molar-refractivity contribution is 5.97. The Bertz CT molecular complexity index is 600. The van der Waals surface area contributed by atoms with Gasteiger partial charge >= 0.3 is 0 Å². The fourth-order valence-electron chi connectivity index (χ4n) is 2.96. The van der Waals surface area contributed by atoms with Crippen LogP contribution in [-0.4, -0.2) is 42.1 Å². The standard InChI is InChI=1S/C16H22N4/c1-12(2)19-7-9-20(10-8-19)16-13-5-3-4-6-15(13)18-11-14(16)17/h3-6,11-12H,7-10,17H2,1-2H3. The zero-order valence-electron chi connectivity index (χ0n) is 12.2. The molecule has 3 rings (SSSR count). The lowest BCUT2D eigenvalue weighted by Crippen LogP contribution is -2.49. The summed E-state index contributed by atoms with van der Waals surface area (Å²) in [7, 11) is 0. The first-order chi connectivity index (χ1) is 9.66. The number of nitrogen functional groups attached to an aromatic ring is 1. The van der Waals surface area contributed by atoms with Crippen molar-refractivity contribution in [1.82, 2.24) is 9.88 Å². The van der Waals surface area contributed by atoms with Crippen molar-refractivity contribution in [2.24, 2.45) is 0 Å². The summed E-state index contributed by atoms with van der Waals surface area (Å²) in [6.07, 6.45) is 1.78. The highest BCUT2D eigenvalue weighted by Crippen LogP contribution is 2.32. The molecule has 4 nitrogen and oxygen atoms in total. The molecule has 106 valence electrons. The number of para-hydroxylation sites is 1. The van der Waals surface area contributed by atoms with Crippen molar-refractivity contribution in [1.29, 1.82) is 0 Å². The van der Waals surface area contributed by atoms with Gasteiger partial charge in [0.15, 0.2) is 0 Å². The van der Waals surface area contributed by atoms with Gasteiger partial charge in [0.2, 0.25) is 0 Å². The SMILES string of the molecule is CC(C)N1CCN(c2c(N)cnc3ccccc23)CC1. The molecule has 20 heavy (non-hydrogen) atoms. The lowest BCUT2D eigenvalue weighted by atomic mass is 10.1. The second-order valence-corrected chi connectivity index (χ2v) is 5.70. The minimum atomic E-state index is 0.615. The van der Waals surface area contributed by atoms with Crippen LogP contribution < -0.4 is 10.6 Å². The number of nitrogens with two attached hydrogens (primary N) is 1. The van der Waals surface area contributed by atoms with Gasteiger partial charge in [-0.25, -0.2) is 0 Å². The number of rotatable bonds is 2. The van der Waals surface area contributed by atoms with Gasteiger partial charge in [0.25, 0.3) is 0 Å². The number of fused-ring (bicyclic) bond motifs is 1. The summed E-state index contributed by atoms with van der Waals surface area (Å²) in [5.41, 5.74) is 9.14. The van der Waals surface area contributed by atoms with E-state index in [0.717, 1.165) is 48.5 Å². The number of hydrogen-bond acceptors (Lipinski definition) is 4. The molecule has 1 saturated heterocycles. The average Bonchev–Trinajstić information content (AvgIpc) is 2.47. The Hall–Kier alpha value is -1.81. The third kappa shape index (κ3) is 2.31. The molecule has 0 atom stereocenters. The van der Waals surface area contributed by atoms with Gasteiger partial charge < -0.3 is 10.6 Å². The van der Waals surface area contributed by atoms with Gasteiger partial charge in [-0.1, -0.05) is 18.2 Å². The van der Waals surface area contributed by atoms with Gasteiger partial charge in [-0.05, 0) is 19.9 Å². The number of aromatic nitrogens is 1. The molecular weight excluding hydrogens is 248 g/mol. The van der Waals surface area contributed by atoms with E-state index in [1.165, 1.54) is 0 Å². The third-order valence-electron chi connectivity index (χ3n) is 4.14. The summed E-state index contributed by atoms with van der Waals surface area (Å²) in [6.45, 7) is 8.74. The van der Waals surface area contributed by atoms with Crippen LogP contribution in [0, 0.1) is 0 Å². The molecule has 2 N–H and O–H groups in total. The Morgan fingerprint density at radius 3 is 2.50 bits per heavy atom. The van der Waals surface area contributed by atoms with Gasteiger partial charge in [0.05, 0.1) is 23.1 Å². The van der Waals surface area contributed by atoms with Crippen LogP contribution in [0.25, 0.3) is 10.9 Å². The lowest BCUT2D eigenvalue weighted by Gasteiger charge is -2.38. The number of anilines is 2. The fraction of sp³-hybridized carbons (Fsp3) is 0.438. The van der Waals surface area contributed by atoms with Crippen LogP contribution >= 0.6 is 0 Å². The van der Waals surface area contributed by atoms with E-state index in [2.05, 4.69) is 40.8 Å². The first-order valence-corrected chi connectivity index (χ1v) is 7.29. The molecule has 1 aromatic heterocycles. The molecule has 0 radical (unpaired) electrons. The number of piperazine rings is 1. The molecule has 1 fully saturated rings. The van der Waals surface area contributed by atoms with E-state index in [9.17, 15) is 0 Å². The van der Waals surface area contributed by atoms with Crippen LogP contribution in [0.3, 0.4) is 0 Å². The second-order valence-electron chi connectivity index (χ2n) is 5.70. The molecule has 2 heterocycles. The molecule has 2 aromatic rings. The van der Waals surface area contributed by atoms with E-state index in [1.807, 2.05) is 12.1 Å². The van der Waals surface area contributed by atoms with Crippen LogP contribution in [0.2, 0.25) is 0 Å². The number of benzene rings is 1. The maximum absolute atomic E-state index is 6.19. The van der Waals surface area contributed by atoms with Gasteiger partial charge in [-0.15, -0.1) is 0 Å². The number of pyridine rings is 1. The normalized spacial score (nSPS) is 17.1. The van der Waals surface area contributed by atoms with E-state index in [0.29, 0.717) is 6.04 Å². The average molecular weight is 270 g/mol. The Labute approximate surface area is 120 Å². The maximum Gasteiger partial charge on any atom is 0.0745 e. The van der Waals surface area contributed by atoms with Crippen molar-refractivity contribution in [2.75, 3.05) is 36.8 Å². The van der Waals surface area contributed by atoms with Crippen LogP contribution in [0.15, 0.2) is 30.5 Å². The number of nitrogens with zero attached hydrogens (tertiary/aromatic N) is 3. The Morgan fingerprint density at radius 2 is 1.80 bits per heavy atom. The minimum absolute atomic E-state index is 0.615. The molecule has 0 bridgehead atoms. The van der Waals surface area contributed by atoms with E-state index < -0.39 is 0 Å². The van der Waals surface area contributed by atoms with Crippen molar-refractivity contribution in [3.05, 3.63) is 30.5 Å². The van der Waals surface area contributed by atoms with Crippen molar-refractivity contribution in [3.63, 3.8) is 0 Å². The Morgan fingerprint density at radius 1 is 1.10 bits per heavy atom. The van der Waals surface area contributed by atoms with Gasteiger partial charge in [0.1, 0.15) is 0 Å². The highest BCUT2D eigenvalue weighted by atomic mass is 15.3. The monoisotopic (exact) mass is 270 g/mol. The van der Waals surface area contributed by atoms with Gasteiger partial charge in [-0.3, -0.25) is 9.88 Å². The van der Waals surface area contributed by atoms with Crippen molar-refractivity contribution < 1.29 is 0 Å². The van der Waals surface area contributed by atoms with E-state index in [1.54, 1.807) is 6.20 Å². The largest absolute Gasteiger partial charge is 0.396 e. The molecule has 0 unspecified atom stereocenters. The Kier molecular flexibility index (Phi) is 3.49. The van der Waals surface area contributed by atoms with Gasteiger partial charge in [0, 0.05) is 37.6 Å². The quantitative estimate of drug-likeness (QED) is 0.910. The molecule has 1 aliphatic rings. The molecule has 0 amide bonds. The van der Waals surface area contributed by atoms with Crippen LogP contribution in [0.1, 0.15) is 13.8 Å². The molecule has 1 aliphatic heterocycles. The fourth-order valence-corrected chi connectivity index (χ4v) is 2.96. The summed E-state index contributed by atoms with van der Waals surface area (Å²) in [4.78, 5) is 9.33. The van der Waals surface area contributed by atoms with Crippen LogP contribution in [-0.2, 0) is 0 Å². The summed E-state index contributed by atoms with van der Waals surface area (Å²) < 4.78 is 0. The summed E-state index contributed by atoms with van der Waals surface area (Å²) in [5, 5.41) is 1.16. The van der Waals surface area contributed by atoms with Crippen molar-refractivity contribution in [2.45, 2.75) is 19.9 Å². The Balaban J connectivity index is 1.93. The van der Waals surface area contributed by atoms with E-state index >= 15 is 0 Å². The van der Waals surface area contributed by atoms with E-state index in [4.69, 9.17) is 5.73 Å². The number of hydrogen-bond donors (Lipinski definition) is 1. The molecule has 4 heteroatoms.